The van der Waals surface area contributed by atoms with E-state index in [2.05, 4.69) is 40.7 Å². The lowest BCUT2D eigenvalue weighted by atomic mass is 10.2. The zero-order valence-electron chi connectivity index (χ0n) is 12.4. The Balaban J connectivity index is 2.76. The van der Waals surface area contributed by atoms with Gasteiger partial charge in [-0.15, -0.1) is 0 Å². The fraction of sp³-hybridized carbons (Fsp3) is 0.692. The minimum atomic E-state index is 0.171. The van der Waals surface area contributed by atoms with Gasteiger partial charge in [0.15, 0.2) is 5.82 Å². The average molecular weight is 284 g/mol. The standard InChI is InChI=1S/C13H24N4OS/c1-6-18-8-12-16-10(14-4)7-11(17-12)15-9-13(2,3)19-5/h7H,6,8-9H2,1-5H3,(H2,14,15,16,17). The van der Waals surface area contributed by atoms with Crippen molar-refractivity contribution in [3.05, 3.63) is 11.9 Å². The highest BCUT2D eigenvalue weighted by Gasteiger charge is 2.16. The number of aromatic nitrogens is 2. The molecule has 1 heterocycles. The third-order valence-electron chi connectivity index (χ3n) is 2.71. The van der Waals surface area contributed by atoms with Gasteiger partial charge in [-0.2, -0.15) is 11.8 Å². The average Bonchev–Trinajstić information content (AvgIpc) is 2.42. The number of anilines is 2. The molecule has 1 aromatic heterocycles. The highest BCUT2D eigenvalue weighted by Crippen LogP contribution is 2.22. The highest BCUT2D eigenvalue weighted by atomic mass is 32.2. The van der Waals surface area contributed by atoms with Crippen molar-refractivity contribution >= 4 is 23.4 Å². The lowest BCUT2D eigenvalue weighted by molar-refractivity contribution is 0.128. The van der Waals surface area contributed by atoms with Crippen LogP contribution in [0.4, 0.5) is 11.6 Å². The van der Waals surface area contributed by atoms with Gasteiger partial charge in [0, 0.05) is 31.0 Å². The van der Waals surface area contributed by atoms with Crippen LogP contribution in [0.1, 0.15) is 26.6 Å². The maximum Gasteiger partial charge on any atom is 0.158 e. The molecule has 0 unspecified atom stereocenters. The second-order valence-electron chi connectivity index (χ2n) is 4.76. The second-order valence-corrected chi connectivity index (χ2v) is 6.27. The zero-order chi connectivity index (χ0) is 14.3. The Bertz CT molecular complexity index is 398. The number of thioether (sulfide) groups is 1. The van der Waals surface area contributed by atoms with Gasteiger partial charge in [-0.05, 0) is 27.0 Å². The lowest BCUT2D eigenvalue weighted by Gasteiger charge is -2.22. The van der Waals surface area contributed by atoms with Crippen LogP contribution in [0.5, 0.6) is 0 Å². The van der Waals surface area contributed by atoms with Crippen molar-refractivity contribution in [2.24, 2.45) is 0 Å². The van der Waals surface area contributed by atoms with Gasteiger partial charge in [0.05, 0.1) is 0 Å². The predicted octanol–water partition coefficient (Wildman–Crippen LogP) is 2.61. The quantitative estimate of drug-likeness (QED) is 0.765. The summed E-state index contributed by atoms with van der Waals surface area (Å²) in [4.78, 5) is 8.82. The van der Waals surface area contributed by atoms with E-state index in [0.717, 1.165) is 18.2 Å². The molecule has 0 saturated heterocycles. The SMILES string of the molecule is CCOCc1nc(NC)cc(NCC(C)(C)SC)n1. The summed E-state index contributed by atoms with van der Waals surface area (Å²) in [5, 5.41) is 6.40. The van der Waals surface area contributed by atoms with E-state index >= 15 is 0 Å². The molecule has 0 aliphatic carbocycles. The highest BCUT2D eigenvalue weighted by molar-refractivity contribution is 7.99. The molecule has 19 heavy (non-hydrogen) atoms. The topological polar surface area (TPSA) is 59.1 Å². The van der Waals surface area contributed by atoms with Crippen LogP contribution < -0.4 is 10.6 Å². The molecule has 0 saturated carbocycles. The van der Waals surface area contributed by atoms with Crippen molar-refractivity contribution in [3.8, 4) is 0 Å². The molecule has 0 radical (unpaired) electrons. The fourth-order valence-corrected chi connectivity index (χ4v) is 1.57. The second kappa shape index (κ2) is 7.55. The molecule has 0 aromatic carbocycles. The van der Waals surface area contributed by atoms with E-state index in [9.17, 15) is 0 Å². The van der Waals surface area contributed by atoms with E-state index in [4.69, 9.17) is 4.74 Å². The summed E-state index contributed by atoms with van der Waals surface area (Å²) >= 11 is 1.83. The molecule has 0 aliphatic heterocycles. The van der Waals surface area contributed by atoms with Gasteiger partial charge in [0.2, 0.25) is 0 Å². The van der Waals surface area contributed by atoms with Crippen LogP contribution in [0, 0.1) is 0 Å². The Morgan fingerprint density at radius 3 is 2.58 bits per heavy atom. The lowest BCUT2D eigenvalue weighted by Crippen LogP contribution is -2.26. The maximum absolute atomic E-state index is 5.36. The molecular formula is C13H24N4OS. The van der Waals surface area contributed by atoms with Crippen molar-refractivity contribution < 1.29 is 4.74 Å². The summed E-state index contributed by atoms with van der Waals surface area (Å²) in [6.45, 7) is 8.31. The van der Waals surface area contributed by atoms with E-state index in [1.165, 1.54) is 0 Å². The van der Waals surface area contributed by atoms with Gasteiger partial charge in [-0.25, -0.2) is 9.97 Å². The summed E-state index contributed by atoms with van der Waals surface area (Å²) in [6, 6.07) is 1.91. The van der Waals surface area contributed by atoms with Gasteiger partial charge in [0.1, 0.15) is 18.2 Å². The summed E-state index contributed by atoms with van der Waals surface area (Å²) in [5.41, 5.74) is 0. The van der Waals surface area contributed by atoms with Crippen molar-refractivity contribution in [2.75, 3.05) is 37.1 Å². The van der Waals surface area contributed by atoms with E-state index in [1.807, 2.05) is 31.8 Å². The summed E-state index contributed by atoms with van der Waals surface area (Å²) < 4.78 is 5.53. The van der Waals surface area contributed by atoms with Crippen LogP contribution in [0.25, 0.3) is 0 Å². The van der Waals surface area contributed by atoms with Crippen LogP contribution in [0.2, 0.25) is 0 Å². The molecule has 0 atom stereocenters. The molecule has 0 spiro atoms. The van der Waals surface area contributed by atoms with E-state index in [-0.39, 0.29) is 4.75 Å². The first-order valence-corrected chi connectivity index (χ1v) is 7.65. The summed E-state index contributed by atoms with van der Waals surface area (Å²) in [5.74, 6) is 2.32. The first-order chi connectivity index (χ1) is 9.00. The van der Waals surface area contributed by atoms with Gasteiger partial charge in [-0.3, -0.25) is 0 Å². The molecule has 0 bridgehead atoms. The van der Waals surface area contributed by atoms with Gasteiger partial charge in [0.25, 0.3) is 0 Å². The van der Waals surface area contributed by atoms with Crippen LogP contribution in [0.15, 0.2) is 6.07 Å². The number of hydrogen-bond donors (Lipinski definition) is 2. The van der Waals surface area contributed by atoms with E-state index in [1.54, 1.807) is 0 Å². The van der Waals surface area contributed by atoms with Crippen LogP contribution in [-0.2, 0) is 11.3 Å². The van der Waals surface area contributed by atoms with E-state index in [0.29, 0.717) is 19.0 Å². The van der Waals surface area contributed by atoms with Crippen LogP contribution >= 0.6 is 11.8 Å². The predicted molar refractivity (Wildman–Crippen MR) is 83.0 cm³/mol. The maximum atomic E-state index is 5.36. The number of ether oxygens (including phenoxy) is 1. The molecule has 108 valence electrons. The number of hydrogen-bond acceptors (Lipinski definition) is 6. The Morgan fingerprint density at radius 2 is 2.00 bits per heavy atom. The van der Waals surface area contributed by atoms with Gasteiger partial charge < -0.3 is 15.4 Å². The smallest absolute Gasteiger partial charge is 0.158 e. The molecule has 0 amide bonds. The third kappa shape index (κ3) is 5.65. The van der Waals surface area contributed by atoms with Crippen LogP contribution in [-0.4, -0.2) is 41.2 Å². The molecule has 0 fully saturated rings. The van der Waals surface area contributed by atoms with E-state index < -0.39 is 0 Å². The monoisotopic (exact) mass is 284 g/mol. The molecule has 5 nitrogen and oxygen atoms in total. The Morgan fingerprint density at radius 1 is 1.32 bits per heavy atom. The normalized spacial score (nSPS) is 11.4. The summed E-state index contributed by atoms with van der Waals surface area (Å²) in [7, 11) is 1.85. The Kier molecular flexibility index (Phi) is 6.37. The number of nitrogens with one attached hydrogen (secondary N) is 2. The number of rotatable bonds is 8. The minimum absolute atomic E-state index is 0.171. The summed E-state index contributed by atoms with van der Waals surface area (Å²) in [6.07, 6.45) is 2.11. The molecule has 1 rings (SSSR count). The Hall–Kier alpha value is -1.01. The van der Waals surface area contributed by atoms with Gasteiger partial charge in [-0.1, -0.05) is 0 Å². The van der Waals surface area contributed by atoms with Crippen molar-refractivity contribution in [1.82, 2.24) is 9.97 Å². The number of nitrogens with zero attached hydrogens (tertiary/aromatic N) is 2. The minimum Gasteiger partial charge on any atom is -0.374 e. The van der Waals surface area contributed by atoms with Crippen molar-refractivity contribution in [1.29, 1.82) is 0 Å². The molecule has 1 aromatic rings. The third-order valence-corrected chi connectivity index (χ3v) is 3.96. The first-order valence-electron chi connectivity index (χ1n) is 6.43. The Labute approximate surface area is 119 Å². The fourth-order valence-electron chi connectivity index (χ4n) is 1.35. The van der Waals surface area contributed by atoms with Crippen molar-refractivity contribution in [3.63, 3.8) is 0 Å². The zero-order valence-corrected chi connectivity index (χ0v) is 13.2. The molecule has 6 heteroatoms. The van der Waals surface area contributed by atoms with Crippen LogP contribution in [0.3, 0.4) is 0 Å². The largest absolute Gasteiger partial charge is 0.374 e. The molecule has 0 aliphatic rings. The molecule has 2 N–H and O–H groups in total. The molecular weight excluding hydrogens is 260 g/mol. The first kappa shape index (κ1) is 16.0. The van der Waals surface area contributed by atoms with Gasteiger partial charge >= 0.3 is 0 Å². The van der Waals surface area contributed by atoms with Crippen molar-refractivity contribution in [2.45, 2.75) is 32.1 Å².